The zero-order valence-electron chi connectivity index (χ0n) is 23.9. The van der Waals surface area contributed by atoms with Crippen molar-refractivity contribution < 1.29 is 19.1 Å². The standard InChI is InChI=1S/C31H35BN4O4/c1-15(2)27(35-31(38)39-5)30(37)36-17(4)16(3)10-25(36)29-33-24-9-6-18-12-23-21-8-7-20(32)11-19(21)14-40-26(23)13-22(18)28(24)34-29/h6-9,11-13,15-17,25,27H,10,14,32H2,1-5H3,(H,33,34)(H,35,38)/t16-,17-,25+,27+/m1/s1. The van der Waals surface area contributed by atoms with Gasteiger partial charge in [-0.1, -0.05) is 50.5 Å². The fourth-order valence-electron chi connectivity index (χ4n) is 6.28. The van der Waals surface area contributed by atoms with Crippen LogP contribution in [0.5, 0.6) is 5.75 Å². The van der Waals surface area contributed by atoms with Gasteiger partial charge in [-0.15, -0.1) is 0 Å². The molecule has 0 bridgehead atoms. The largest absolute Gasteiger partial charge is 0.488 e. The first-order chi connectivity index (χ1) is 19.2. The lowest BCUT2D eigenvalue weighted by molar-refractivity contribution is -0.137. The van der Waals surface area contributed by atoms with Crippen LogP contribution in [0.15, 0.2) is 42.5 Å². The number of rotatable bonds is 4. The molecule has 8 nitrogen and oxygen atoms in total. The van der Waals surface area contributed by atoms with Gasteiger partial charge >= 0.3 is 6.09 Å². The summed E-state index contributed by atoms with van der Waals surface area (Å²) in [5.74, 6) is 1.67. The number of aromatic nitrogens is 2. The fourth-order valence-corrected chi connectivity index (χ4v) is 6.28. The molecular formula is C31H35BN4O4. The van der Waals surface area contributed by atoms with Crippen molar-refractivity contribution >= 4 is 47.1 Å². The molecule has 4 aromatic rings. The SMILES string of the molecule is Bc1ccc2c(c1)COc1cc3c(ccc4nc([C@@H]5C[C@@H](C)[C@@H](C)N5C(=O)[C@@H](NC(=O)OC)C(C)C)[nH]c43)cc1-2. The van der Waals surface area contributed by atoms with Crippen LogP contribution >= 0.6 is 0 Å². The molecule has 40 heavy (non-hydrogen) atoms. The number of benzene rings is 3. The van der Waals surface area contributed by atoms with Crippen molar-refractivity contribution in [3.05, 3.63) is 53.9 Å². The van der Waals surface area contributed by atoms with E-state index in [0.29, 0.717) is 6.61 Å². The Balaban J connectivity index is 1.40. The van der Waals surface area contributed by atoms with E-state index in [1.165, 1.54) is 23.7 Å². The first kappa shape index (κ1) is 26.2. The van der Waals surface area contributed by atoms with E-state index >= 15 is 0 Å². The number of methoxy groups -OCH3 is 1. The molecule has 0 unspecified atom stereocenters. The van der Waals surface area contributed by atoms with Crippen LogP contribution < -0.4 is 15.5 Å². The second kappa shape index (κ2) is 9.88. The molecule has 4 atom stereocenters. The first-order valence-electron chi connectivity index (χ1n) is 14.0. The highest BCUT2D eigenvalue weighted by atomic mass is 16.5. The quantitative estimate of drug-likeness (QED) is 0.380. The van der Waals surface area contributed by atoms with Crippen molar-refractivity contribution in [2.24, 2.45) is 11.8 Å². The number of amides is 2. The van der Waals surface area contributed by atoms with E-state index in [2.05, 4.69) is 68.4 Å². The van der Waals surface area contributed by atoms with Crippen LogP contribution in [-0.2, 0) is 16.1 Å². The third-order valence-corrected chi connectivity index (χ3v) is 8.68. The lowest BCUT2D eigenvalue weighted by Crippen LogP contribution is -2.53. The number of ether oxygens (including phenoxy) is 2. The summed E-state index contributed by atoms with van der Waals surface area (Å²) in [6.45, 7) is 8.62. The van der Waals surface area contributed by atoms with Crippen molar-refractivity contribution in [3.8, 4) is 16.9 Å². The molecule has 0 saturated carbocycles. The van der Waals surface area contributed by atoms with Crippen LogP contribution in [0.4, 0.5) is 4.79 Å². The summed E-state index contributed by atoms with van der Waals surface area (Å²) in [6, 6.07) is 14.0. The van der Waals surface area contributed by atoms with Gasteiger partial charge in [0.25, 0.3) is 0 Å². The van der Waals surface area contributed by atoms with Crippen LogP contribution in [0.3, 0.4) is 0 Å². The van der Waals surface area contributed by atoms with Gasteiger partial charge < -0.3 is 24.7 Å². The number of carbonyl (C=O) groups is 2. The Bertz CT molecular complexity index is 1650. The molecule has 0 radical (unpaired) electrons. The van der Waals surface area contributed by atoms with Gasteiger partial charge in [0.15, 0.2) is 0 Å². The van der Waals surface area contributed by atoms with Crippen molar-refractivity contribution in [3.63, 3.8) is 0 Å². The summed E-state index contributed by atoms with van der Waals surface area (Å²) in [5.41, 5.74) is 6.52. The summed E-state index contributed by atoms with van der Waals surface area (Å²) in [6.07, 6.45) is 0.171. The summed E-state index contributed by atoms with van der Waals surface area (Å²) in [7, 11) is 3.41. The Kier molecular flexibility index (Phi) is 6.48. The van der Waals surface area contributed by atoms with Crippen LogP contribution in [0.2, 0.25) is 0 Å². The highest BCUT2D eigenvalue weighted by molar-refractivity contribution is 6.32. The van der Waals surface area contributed by atoms with Crippen LogP contribution in [0, 0.1) is 11.8 Å². The highest BCUT2D eigenvalue weighted by Gasteiger charge is 2.44. The van der Waals surface area contributed by atoms with Crippen molar-refractivity contribution in [1.82, 2.24) is 20.2 Å². The number of likely N-dealkylation sites (tertiary alicyclic amines) is 1. The normalized spacial score (nSPS) is 20.8. The smallest absolute Gasteiger partial charge is 0.407 e. The molecule has 1 saturated heterocycles. The number of nitrogens with one attached hydrogen (secondary N) is 2. The molecule has 1 fully saturated rings. The average Bonchev–Trinajstić information content (AvgIpc) is 3.50. The third kappa shape index (κ3) is 4.28. The number of H-pyrrole nitrogens is 1. The topological polar surface area (TPSA) is 96.6 Å². The molecule has 6 rings (SSSR count). The van der Waals surface area contributed by atoms with Crippen LogP contribution in [0.1, 0.15) is 51.5 Å². The van der Waals surface area contributed by atoms with E-state index in [1.807, 2.05) is 24.8 Å². The summed E-state index contributed by atoms with van der Waals surface area (Å²) in [5, 5.41) is 4.88. The zero-order valence-corrected chi connectivity index (χ0v) is 23.9. The van der Waals surface area contributed by atoms with Gasteiger partial charge in [-0.2, -0.15) is 0 Å². The van der Waals surface area contributed by atoms with Gasteiger partial charge in [0.05, 0.1) is 24.2 Å². The Hall–Kier alpha value is -4.01. The zero-order chi connectivity index (χ0) is 28.3. The van der Waals surface area contributed by atoms with E-state index in [9.17, 15) is 9.59 Å². The number of hydrogen-bond acceptors (Lipinski definition) is 5. The minimum atomic E-state index is -0.691. The molecule has 2 amide bonds. The van der Waals surface area contributed by atoms with Gasteiger partial charge in [0.2, 0.25) is 5.91 Å². The molecule has 1 aromatic heterocycles. The first-order valence-corrected chi connectivity index (χ1v) is 14.0. The van der Waals surface area contributed by atoms with Gasteiger partial charge in [-0.25, -0.2) is 9.78 Å². The Morgan fingerprint density at radius 3 is 2.70 bits per heavy atom. The molecule has 2 N–H and O–H groups in total. The third-order valence-electron chi connectivity index (χ3n) is 8.68. The maximum absolute atomic E-state index is 13.9. The monoisotopic (exact) mass is 538 g/mol. The number of imidazole rings is 1. The minimum absolute atomic E-state index is 0.00715. The molecule has 2 aliphatic rings. The van der Waals surface area contributed by atoms with Crippen molar-refractivity contribution in [1.29, 1.82) is 0 Å². The summed E-state index contributed by atoms with van der Waals surface area (Å²) < 4.78 is 11.0. The lowest BCUT2D eigenvalue weighted by Gasteiger charge is -2.33. The number of aromatic amines is 1. The maximum Gasteiger partial charge on any atom is 0.407 e. The molecular weight excluding hydrogens is 503 g/mol. The molecule has 2 aliphatic heterocycles. The van der Waals surface area contributed by atoms with Crippen molar-refractivity contribution in [2.45, 2.75) is 58.8 Å². The van der Waals surface area contributed by atoms with E-state index in [-0.39, 0.29) is 29.8 Å². The van der Waals surface area contributed by atoms with Gasteiger partial charge in [-0.3, -0.25) is 4.79 Å². The molecule has 9 heteroatoms. The van der Waals surface area contributed by atoms with E-state index < -0.39 is 12.1 Å². The van der Waals surface area contributed by atoms with Gasteiger partial charge in [-0.05, 0) is 59.9 Å². The number of hydrogen-bond donors (Lipinski definition) is 2. The van der Waals surface area contributed by atoms with Crippen LogP contribution in [0.25, 0.3) is 32.9 Å². The number of alkyl carbamates (subject to hydrolysis) is 1. The Morgan fingerprint density at radius 1 is 1.15 bits per heavy atom. The predicted molar refractivity (Wildman–Crippen MR) is 159 cm³/mol. The second-order valence-electron chi connectivity index (χ2n) is 11.7. The molecule has 3 heterocycles. The van der Waals surface area contributed by atoms with Gasteiger partial charge in [0, 0.05) is 17.0 Å². The molecule has 0 aliphatic carbocycles. The second-order valence-corrected chi connectivity index (χ2v) is 11.7. The Morgan fingerprint density at radius 2 is 1.95 bits per heavy atom. The summed E-state index contributed by atoms with van der Waals surface area (Å²) in [4.78, 5) is 36.4. The summed E-state index contributed by atoms with van der Waals surface area (Å²) >= 11 is 0. The number of nitrogens with zero attached hydrogens (tertiary/aromatic N) is 2. The van der Waals surface area contributed by atoms with Crippen molar-refractivity contribution in [2.75, 3.05) is 7.11 Å². The highest BCUT2D eigenvalue weighted by Crippen LogP contribution is 2.43. The number of carbonyl (C=O) groups excluding carboxylic acids is 2. The van der Waals surface area contributed by atoms with Gasteiger partial charge in [0.1, 0.15) is 32.1 Å². The minimum Gasteiger partial charge on any atom is -0.488 e. The van der Waals surface area contributed by atoms with E-state index in [1.54, 1.807) is 0 Å². The maximum atomic E-state index is 13.9. The van der Waals surface area contributed by atoms with E-state index in [4.69, 9.17) is 14.5 Å². The fraction of sp³-hybridized carbons (Fsp3) is 0.387. The molecule has 206 valence electrons. The molecule has 0 spiro atoms. The predicted octanol–water partition coefficient (Wildman–Crippen LogP) is 4.21. The average molecular weight is 538 g/mol. The van der Waals surface area contributed by atoms with Crippen LogP contribution in [-0.4, -0.2) is 53.9 Å². The lowest BCUT2D eigenvalue weighted by atomic mass is 9.88. The Labute approximate surface area is 234 Å². The molecule has 3 aromatic carbocycles. The van der Waals surface area contributed by atoms with E-state index in [0.717, 1.165) is 45.4 Å². The number of fused-ring (bicyclic) bond motifs is 6.